The molecule has 0 radical (unpaired) electrons. The van der Waals surface area contributed by atoms with Crippen molar-refractivity contribution in [2.45, 2.75) is 18.5 Å². The first-order valence-corrected chi connectivity index (χ1v) is 12.0. The van der Waals surface area contributed by atoms with Crippen LogP contribution in [0.4, 0.5) is 16.2 Å². The number of aromatic nitrogens is 1. The molecule has 11 nitrogen and oxygen atoms in total. The minimum Gasteiger partial charge on any atom is -0.467 e. The van der Waals surface area contributed by atoms with E-state index in [4.69, 9.17) is 9.47 Å². The Morgan fingerprint density at radius 3 is 2.44 bits per heavy atom. The van der Waals surface area contributed by atoms with Crippen molar-refractivity contribution < 1.29 is 28.8 Å². The highest BCUT2D eigenvalue weighted by Crippen LogP contribution is 2.41. The third-order valence-electron chi connectivity index (χ3n) is 6.80. The Labute approximate surface area is 222 Å². The Kier molecular flexibility index (Phi) is 6.72. The predicted molar refractivity (Wildman–Crippen MR) is 141 cm³/mol. The van der Waals surface area contributed by atoms with Gasteiger partial charge in [-0.25, -0.2) is 14.4 Å². The van der Waals surface area contributed by atoms with Crippen LogP contribution in [0.1, 0.15) is 33.2 Å². The van der Waals surface area contributed by atoms with Gasteiger partial charge in [0.25, 0.3) is 5.69 Å². The summed E-state index contributed by atoms with van der Waals surface area (Å²) in [6.07, 6.45) is 0.186. The second-order valence-electron chi connectivity index (χ2n) is 8.97. The number of H-pyrrole nitrogens is 1. The molecule has 2 heterocycles. The first-order chi connectivity index (χ1) is 18.8. The summed E-state index contributed by atoms with van der Waals surface area (Å²) in [5.74, 6) is -1.12. The molecule has 1 aliphatic rings. The van der Waals surface area contributed by atoms with Crippen LogP contribution in [0.5, 0.6) is 0 Å². The summed E-state index contributed by atoms with van der Waals surface area (Å²) in [4.78, 5) is 54.5. The van der Waals surface area contributed by atoms with Crippen LogP contribution in [-0.2, 0) is 20.7 Å². The van der Waals surface area contributed by atoms with Crippen molar-refractivity contribution in [1.82, 2.24) is 9.88 Å². The zero-order valence-corrected chi connectivity index (χ0v) is 21.0. The third kappa shape index (κ3) is 4.65. The molecule has 0 saturated carbocycles. The number of fused-ring (bicyclic) bond motifs is 3. The number of nitro groups is 1. The molecule has 2 N–H and O–H groups in total. The minimum absolute atomic E-state index is 0.186. The smallest absolute Gasteiger partial charge is 0.337 e. The van der Waals surface area contributed by atoms with Crippen molar-refractivity contribution in [1.29, 1.82) is 0 Å². The lowest BCUT2D eigenvalue weighted by atomic mass is 9.88. The number of rotatable bonds is 5. The molecule has 11 heteroatoms. The number of esters is 2. The van der Waals surface area contributed by atoms with Crippen molar-refractivity contribution in [3.05, 3.63) is 105 Å². The summed E-state index contributed by atoms with van der Waals surface area (Å²) in [7, 11) is 2.54. The number of hydrogen-bond acceptors (Lipinski definition) is 7. The van der Waals surface area contributed by atoms with Crippen molar-refractivity contribution >= 4 is 40.2 Å². The van der Waals surface area contributed by atoms with Gasteiger partial charge in [0.05, 0.1) is 24.7 Å². The molecule has 1 aliphatic heterocycles. The van der Waals surface area contributed by atoms with E-state index in [1.807, 2.05) is 24.3 Å². The van der Waals surface area contributed by atoms with Crippen molar-refractivity contribution in [3.8, 4) is 0 Å². The number of ether oxygens (including phenoxy) is 2. The predicted octanol–water partition coefficient (Wildman–Crippen LogP) is 4.58. The lowest BCUT2D eigenvalue weighted by Crippen LogP contribution is -2.53. The Bertz CT molecular complexity index is 1600. The van der Waals surface area contributed by atoms with Crippen LogP contribution in [0, 0.1) is 10.1 Å². The molecule has 39 heavy (non-hydrogen) atoms. The molecule has 1 aromatic heterocycles. The highest BCUT2D eigenvalue weighted by molar-refractivity contribution is 5.96. The van der Waals surface area contributed by atoms with Crippen molar-refractivity contribution in [2.75, 3.05) is 19.5 Å². The zero-order chi connectivity index (χ0) is 27.7. The Balaban J connectivity index is 1.65. The van der Waals surface area contributed by atoms with E-state index in [1.54, 1.807) is 24.3 Å². The number of nitro benzene ring substituents is 1. The maximum absolute atomic E-state index is 13.9. The van der Waals surface area contributed by atoms with Crippen molar-refractivity contribution in [3.63, 3.8) is 0 Å². The summed E-state index contributed by atoms with van der Waals surface area (Å²) in [6.45, 7) is 0. The molecule has 0 bridgehead atoms. The number of nitrogens with zero attached hydrogens (tertiary/aromatic N) is 2. The van der Waals surface area contributed by atoms with E-state index in [-0.39, 0.29) is 17.8 Å². The van der Waals surface area contributed by atoms with E-state index in [2.05, 4.69) is 10.3 Å². The van der Waals surface area contributed by atoms with Crippen LogP contribution in [0.15, 0.2) is 72.8 Å². The van der Waals surface area contributed by atoms with Crippen LogP contribution in [0.2, 0.25) is 0 Å². The fourth-order valence-corrected chi connectivity index (χ4v) is 5.01. The molecule has 4 aromatic rings. The van der Waals surface area contributed by atoms with Crippen molar-refractivity contribution in [2.24, 2.45) is 0 Å². The van der Waals surface area contributed by atoms with Crippen LogP contribution in [0.3, 0.4) is 0 Å². The fourth-order valence-electron chi connectivity index (χ4n) is 5.01. The van der Waals surface area contributed by atoms with E-state index in [9.17, 15) is 24.5 Å². The Hall–Kier alpha value is -5.19. The lowest BCUT2D eigenvalue weighted by Gasteiger charge is -2.40. The molecular weight excluding hydrogens is 504 g/mol. The van der Waals surface area contributed by atoms with Gasteiger partial charge in [0.15, 0.2) is 0 Å². The molecule has 0 fully saturated rings. The highest BCUT2D eigenvalue weighted by atomic mass is 16.6. The molecule has 0 saturated heterocycles. The number of benzene rings is 3. The lowest BCUT2D eigenvalue weighted by molar-refractivity contribution is -0.384. The standard InChI is InChI=1S/C28H24N4O7/c1-38-26(33)17-12-10-16(11-13-17)25-24-21(20-8-3-4-9-22(20)30-24)15-23(27(34)39-2)31(25)28(35)29-18-6-5-7-19(14-18)32(36)37/h3-14,23,25,30H,15H2,1-2H3,(H,29,35). The van der Waals surface area contributed by atoms with Gasteiger partial charge in [-0.2, -0.15) is 0 Å². The third-order valence-corrected chi connectivity index (χ3v) is 6.80. The number of urea groups is 1. The number of aromatic amines is 1. The maximum Gasteiger partial charge on any atom is 0.337 e. The van der Waals surface area contributed by atoms with Crippen LogP contribution in [0.25, 0.3) is 10.9 Å². The number of carbonyl (C=O) groups is 3. The van der Waals surface area contributed by atoms with Crippen LogP contribution < -0.4 is 5.32 Å². The van der Waals surface area contributed by atoms with E-state index >= 15 is 0 Å². The molecule has 3 aromatic carbocycles. The minimum atomic E-state index is -1.01. The monoisotopic (exact) mass is 528 g/mol. The SMILES string of the molecule is COC(=O)c1ccc(C2c3[nH]c4ccccc4c3CC(C(=O)OC)N2C(=O)Nc2cccc([N+](=O)[O-])c2)cc1. The molecular formula is C28H24N4O7. The summed E-state index contributed by atoms with van der Waals surface area (Å²) >= 11 is 0. The first-order valence-electron chi connectivity index (χ1n) is 12.0. The number of carbonyl (C=O) groups excluding carboxylic acids is 3. The summed E-state index contributed by atoms with van der Waals surface area (Å²) in [5.41, 5.74) is 3.36. The average molecular weight is 529 g/mol. The van der Waals surface area contributed by atoms with Gasteiger partial charge in [-0.3, -0.25) is 15.0 Å². The number of amides is 2. The molecule has 5 rings (SSSR count). The van der Waals surface area contributed by atoms with Crippen LogP contribution >= 0.6 is 0 Å². The van der Waals surface area contributed by atoms with Gasteiger partial charge in [-0.1, -0.05) is 36.4 Å². The summed E-state index contributed by atoms with van der Waals surface area (Å²) in [6, 6.07) is 17.3. The highest BCUT2D eigenvalue weighted by Gasteiger charge is 2.44. The van der Waals surface area contributed by atoms with Gasteiger partial charge in [0, 0.05) is 40.8 Å². The van der Waals surface area contributed by atoms with Gasteiger partial charge in [-0.05, 0) is 35.4 Å². The number of nitrogens with one attached hydrogen (secondary N) is 2. The molecule has 2 atom stereocenters. The van der Waals surface area contributed by atoms with E-state index in [0.29, 0.717) is 16.8 Å². The van der Waals surface area contributed by atoms with Gasteiger partial charge < -0.3 is 19.8 Å². The second-order valence-corrected chi connectivity index (χ2v) is 8.97. The van der Waals surface area contributed by atoms with E-state index in [1.165, 1.54) is 43.4 Å². The zero-order valence-electron chi connectivity index (χ0n) is 21.0. The molecule has 0 spiro atoms. The largest absolute Gasteiger partial charge is 0.467 e. The summed E-state index contributed by atoms with van der Waals surface area (Å²) < 4.78 is 9.91. The number of anilines is 1. The topological polar surface area (TPSA) is 144 Å². The number of hydrogen-bond donors (Lipinski definition) is 2. The number of methoxy groups -OCH3 is 2. The quantitative estimate of drug-likeness (QED) is 0.219. The summed E-state index contributed by atoms with van der Waals surface area (Å²) in [5, 5.41) is 14.9. The van der Waals surface area contributed by atoms with Gasteiger partial charge in [0.1, 0.15) is 12.1 Å². The van der Waals surface area contributed by atoms with Gasteiger partial charge in [-0.15, -0.1) is 0 Å². The number of non-ortho nitro benzene ring substituents is 1. The fraction of sp³-hybridized carbons (Fsp3) is 0.179. The van der Waals surface area contributed by atoms with Gasteiger partial charge >= 0.3 is 18.0 Å². The molecule has 198 valence electrons. The Morgan fingerprint density at radius 1 is 1.00 bits per heavy atom. The van der Waals surface area contributed by atoms with Gasteiger partial charge in [0.2, 0.25) is 0 Å². The number of para-hydroxylation sites is 1. The Morgan fingerprint density at radius 2 is 1.74 bits per heavy atom. The van der Waals surface area contributed by atoms with E-state index in [0.717, 1.165) is 16.5 Å². The van der Waals surface area contributed by atoms with E-state index < -0.39 is 35.0 Å². The first kappa shape index (κ1) is 25.5. The maximum atomic E-state index is 13.9. The molecule has 2 unspecified atom stereocenters. The molecule has 0 aliphatic carbocycles. The normalized spacial score (nSPS) is 16.3. The molecule has 2 amide bonds. The van der Waals surface area contributed by atoms with Crippen LogP contribution in [-0.4, -0.2) is 53.0 Å². The average Bonchev–Trinajstić information content (AvgIpc) is 3.33. The second kappa shape index (κ2) is 10.3.